The Labute approximate surface area is 152 Å². The Morgan fingerprint density at radius 3 is 2.54 bits per heavy atom. The van der Waals surface area contributed by atoms with Gasteiger partial charge in [0.05, 0.1) is 0 Å². The molecule has 0 fully saturated rings. The van der Waals surface area contributed by atoms with E-state index in [1.807, 2.05) is 72.4 Å². The Bertz CT molecular complexity index is 958. The molecule has 2 amide bonds. The Balaban J connectivity index is 1.71. The van der Waals surface area contributed by atoms with Crippen LogP contribution in [-0.2, 0) is 23.1 Å². The second-order valence-electron chi connectivity index (χ2n) is 6.20. The standard InChI is InChI=1S/C21H21N3O2/c1-24-14-16(17-9-5-6-10-19(17)24)11-12-20(25)23-18(21(22)26)13-15-7-3-2-4-8-15/h2-12,14,18H,13H2,1H3,(H2,22,26)(H,23,25)/b12-11+. The van der Waals surface area contributed by atoms with E-state index < -0.39 is 11.9 Å². The van der Waals surface area contributed by atoms with Crippen molar-refractivity contribution in [1.82, 2.24) is 9.88 Å². The summed E-state index contributed by atoms with van der Waals surface area (Å²) in [5, 5.41) is 3.75. The van der Waals surface area contributed by atoms with E-state index >= 15 is 0 Å². The van der Waals surface area contributed by atoms with E-state index in [1.54, 1.807) is 6.08 Å². The van der Waals surface area contributed by atoms with Gasteiger partial charge in [-0.05, 0) is 17.7 Å². The summed E-state index contributed by atoms with van der Waals surface area (Å²) in [4.78, 5) is 23.9. The van der Waals surface area contributed by atoms with Gasteiger partial charge in [0.1, 0.15) is 6.04 Å². The third-order valence-corrected chi connectivity index (χ3v) is 4.28. The molecule has 0 aliphatic carbocycles. The highest BCUT2D eigenvalue weighted by atomic mass is 16.2. The highest BCUT2D eigenvalue weighted by Crippen LogP contribution is 2.21. The summed E-state index contributed by atoms with van der Waals surface area (Å²) in [5.41, 5.74) is 8.41. The van der Waals surface area contributed by atoms with Crippen LogP contribution < -0.4 is 11.1 Å². The second kappa shape index (κ2) is 7.70. The van der Waals surface area contributed by atoms with E-state index in [1.165, 1.54) is 6.08 Å². The highest BCUT2D eigenvalue weighted by molar-refractivity contribution is 5.98. The molecule has 0 radical (unpaired) electrons. The molecule has 0 aliphatic heterocycles. The van der Waals surface area contributed by atoms with Crippen molar-refractivity contribution in [3.63, 3.8) is 0 Å². The van der Waals surface area contributed by atoms with Crippen LogP contribution in [0.1, 0.15) is 11.1 Å². The Morgan fingerprint density at radius 1 is 1.12 bits per heavy atom. The number of nitrogens with two attached hydrogens (primary N) is 1. The summed E-state index contributed by atoms with van der Waals surface area (Å²) >= 11 is 0. The number of hydrogen-bond acceptors (Lipinski definition) is 2. The zero-order valence-electron chi connectivity index (χ0n) is 14.6. The fourth-order valence-corrected chi connectivity index (χ4v) is 2.96. The third-order valence-electron chi connectivity index (χ3n) is 4.28. The number of benzene rings is 2. The first-order valence-corrected chi connectivity index (χ1v) is 8.40. The topological polar surface area (TPSA) is 77.1 Å². The predicted octanol–water partition coefficient (Wildman–Crippen LogP) is 2.40. The van der Waals surface area contributed by atoms with E-state index in [0.29, 0.717) is 6.42 Å². The summed E-state index contributed by atoms with van der Waals surface area (Å²) in [6, 6.07) is 16.7. The molecule has 0 saturated carbocycles. The van der Waals surface area contributed by atoms with Crippen LogP contribution in [0.3, 0.4) is 0 Å². The molecule has 1 heterocycles. The van der Waals surface area contributed by atoms with Crippen LogP contribution in [0.5, 0.6) is 0 Å². The van der Waals surface area contributed by atoms with Gasteiger partial charge in [-0.2, -0.15) is 0 Å². The molecule has 0 saturated heterocycles. The van der Waals surface area contributed by atoms with Crippen molar-refractivity contribution < 1.29 is 9.59 Å². The van der Waals surface area contributed by atoms with E-state index in [0.717, 1.165) is 22.0 Å². The number of primary amides is 1. The Morgan fingerprint density at radius 2 is 1.81 bits per heavy atom. The fourth-order valence-electron chi connectivity index (χ4n) is 2.96. The lowest BCUT2D eigenvalue weighted by atomic mass is 10.1. The molecule has 3 aromatic rings. The molecule has 5 heteroatoms. The maximum atomic E-state index is 12.3. The van der Waals surface area contributed by atoms with Crippen molar-refractivity contribution in [3.8, 4) is 0 Å². The van der Waals surface area contributed by atoms with Gasteiger partial charge in [-0.1, -0.05) is 48.5 Å². The van der Waals surface area contributed by atoms with Crippen molar-refractivity contribution in [3.05, 3.63) is 78.0 Å². The van der Waals surface area contributed by atoms with Gasteiger partial charge in [0.25, 0.3) is 0 Å². The number of carbonyl (C=O) groups excluding carboxylic acids is 2. The van der Waals surface area contributed by atoms with Gasteiger partial charge in [-0.15, -0.1) is 0 Å². The van der Waals surface area contributed by atoms with Crippen LogP contribution in [0, 0.1) is 0 Å². The number of fused-ring (bicyclic) bond motifs is 1. The van der Waals surface area contributed by atoms with Crippen LogP contribution in [0.2, 0.25) is 0 Å². The molecule has 1 atom stereocenters. The Hall–Kier alpha value is -3.34. The molecular weight excluding hydrogens is 326 g/mol. The van der Waals surface area contributed by atoms with Crippen LogP contribution in [0.15, 0.2) is 66.9 Å². The van der Waals surface area contributed by atoms with Crippen molar-refractivity contribution in [2.75, 3.05) is 0 Å². The number of rotatable bonds is 6. The second-order valence-corrected chi connectivity index (χ2v) is 6.20. The zero-order chi connectivity index (χ0) is 18.5. The maximum absolute atomic E-state index is 12.3. The minimum atomic E-state index is -0.748. The van der Waals surface area contributed by atoms with Gasteiger partial charge in [-0.3, -0.25) is 9.59 Å². The van der Waals surface area contributed by atoms with Gasteiger partial charge in [0, 0.05) is 42.2 Å². The molecule has 1 aromatic heterocycles. The van der Waals surface area contributed by atoms with Crippen molar-refractivity contribution >= 4 is 28.8 Å². The highest BCUT2D eigenvalue weighted by Gasteiger charge is 2.17. The smallest absolute Gasteiger partial charge is 0.244 e. The molecule has 132 valence electrons. The molecule has 0 bridgehead atoms. The Kier molecular flexibility index (Phi) is 5.17. The largest absolute Gasteiger partial charge is 0.368 e. The molecule has 5 nitrogen and oxygen atoms in total. The van der Waals surface area contributed by atoms with Crippen LogP contribution >= 0.6 is 0 Å². The predicted molar refractivity (Wildman–Crippen MR) is 103 cm³/mol. The first-order valence-electron chi connectivity index (χ1n) is 8.40. The van der Waals surface area contributed by atoms with Crippen molar-refractivity contribution in [2.24, 2.45) is 12.8 Å². The van der Waals surface area contributed by atoms with Crippen molar-refractivity contribution in [2.45, 2.75) is 12.5 Å². The summed E-state index contributed by atoms with van der Waals surface area (Å²) in [6.07, 6.45) is 5.51. The molecule has 0 aliphatic rings. The molecule has 26 heavy (non-hydrogen) atoms. The van der Waals surface area contributed by atoms with E-state index in [2.05, 4.69) is 5.32 Å². The minimum Gasteiger partial charge on any atom is -0.368 e. The van der Waals surface area contributed by atoms with Gasteiger partial charge in [0.2, 0.25) is 11.8 Å². The average Bonchev–Trinajstić information content (AvgIpc) is 2.96. The minimum absolute atomic E-state index is 0.349. The van der Waals surface area contributed by atoms with E-state index in [4.69, 9.17) is 5.73 Å². The molecule has 0 spiro atoms. The first-order chi connectivity index (χ1) is 12.5. The first kappa shape index (κ1) is 17.5. The monoisotopic (exact) mass is 347 g/mol. The van der Waals surface area contributed by atoms with E-state index in [-0.39, 0.29) is 5.91 Å². The van der Waals surface area contributed by atoms with Gasteiger partial charge in [0.15, 0.2) is 0 Å². The summed E-state index contributed by atoms with van der Waals surface area (Å²) < 4.78 is 2.01. The number of amides is 2. The molecular formula is C21H21N3O2. The number of carbonyl (C=O) groups is 2. The van der Waals surface area contributed by atoms with Crippen molar-refractivity contribution in [1.29, 1.82) is 0 Å². The summed E-state index contributed by atoms with van der Waals surface area (Å²) in [7, 11) is 1.96. The lowest BCUT2D eigenvalue weighted by Crippen LogP contribution is -2.45. The number of aromatic nitrogens is 1. The molecule has 3 rings (SSSR count). The van der Waals surface area contributed by atoms with Gasteiger partial charge in [-0.25, -0.2) is 0 Å². The quantitative estimate of drug-likeness (QED) is 0.672. The average molecular weight is 347 g/mol. The van der Waals surface area contributed by atoms with Gasteiger partial charge >= 0.3 is 0 Å². The number of hydrogen-bond donors (Lipinski definition) is 2. The molecule has 1 unspecified atom stereocenters. The normalized spacial score (nSPS) is 12.3. The SMILES string of the molecule is Cn1cc(/C=C/C(=O)NC(Cc2ccccc2)C(N)=O)c2ccccc21. The lowest BCUT2D eigenvalue weighted by molar-refractivity contribution is -0.124. The lowest BCUT2D eigenvalue weighted by Gasteiger charge is -2.14. The number of nitrogens with one attached hydrogen (secondary N) is 1. The van der Waals surface area contributed by atoms with E-state index in [9.17, 15) is 9.59 Å². The van der Waals surface area contributed by atoms with Crippen LogP contribution in [0.4, 0.5) is 0 Å². The number of aryl methyl sites for hydroxylation is 1. The number of nitrogens with zero attached hydrogens (tertiary/aromatic N) is 1. The summed E-state index contributed by atoms with van der Waals surface area (Å²) in [6.45, 7) is 0. The fraction of sp³-hybridized carbons (Fsp3) is 0.143. The molecule has 3 N–H and O–H groups in total. The number of para-hydroxylation sites is 1. The van der Waals surface area contributed by atoms with Crippen LogP contribution in [0.25, 0.3) is 17.0 Å². The van der Waals surface area contributed by atoms with Crippen LogP contribution in [-0.4, -0.2) is 22.4 Å². The maximum Gasteiger partial charge on any atom is 0.244 e. The van der Waals surface area contributed by atoms with Gasteiger partial charge < -0.3 is 15.6 Å². The third kappa shape index (κ3) is 4.00. The summed E-state index contributed by atoms with van der Waals surface area (Å²) in [5.74, 6) is -0.904. The molecule has 2 aromatic carbocycles. The zero-order valence-corrected chi connectivity index (χ0v) is 14.6.